The van der Waals surface area contributed by atoms with E-state index in [4.69, 9.17) is 0 Å². The van der Waals surface area contributed by atoms with Gasteiger partial charge in [0.1, 0.15) is 11.4 Å². The van der Waals surface area contributed by atoms with Crippen LogP contribution >= 0.6 is 0 Å². The molecular weight excluding hydrogens is 422 g/mol. The molecule has 0 spiro atoms. The maximum atomic E-state index is 13.1. The Bertz CT molecular complexity index is 1050. The molecule has 29 heavy (non-hydrogen) atoms. The average Bonchev–Trinajstić information content (AvgIpc) is 3.07. The van der Waals surface area contributed by atoms with Gasteiger partial charge in [0.25, 0.3) is 5.82 Å². The van der Waals surface area contributed by atoms with Crippen molar-refractivity contribution in [3.8, 4) is 17.2 Å². The molecule has 0 saturated carbocycles. The van der Waals surface area contributed by atoms with Gasteiger partial charge in [-0.25, -0.2) is 9.67 Å². The number of alkyl halides is 6. The first-order chi connectivity index (χ1) is 13.5. The summed E-state index contributed by atoms with van der Waals surface area (Å²) in [6.45, 7) is 1.45. The van der Waals surface area contributed by atoms with Gasteiger partial charge in [-0.1, -0.05) is 12.1 Å². The Labute approximate surface area is 162 Å². The van der Waals surface area contributed by atoms with Gasteiger partial charge in [0.15, 0.2) is 5.82 Å². The van der Waals surface area contributed by atoms with E-state index in [1.807, 2.05) is 0 Å². The Hall–Kier alpha value is -2.76. The van der Waals surface area contributed by atoms with E-state index in [1.54, 1.807) is 6.07 Å². The minimum Gasteiger partial charge on any atom is -0.254 e. The van der Waals surface area contributed by atoms with Gasteiger partial charge >= 0.3 is 12.4 Å². The van der Waals surface area contributed by atoms with E-state index >= 15 is 0 Å². The Kier molecular flexibility index (Phi) is 5.48. The third kappa shape index (κ3) is 4.81. The Morgan fingerprint density at radius 1 is 1.07 bits per heavy atom. The first-order valence-electron chi connectivity index (χ1n) is 7.97. The van der Waals surface area contributed by atoms with E-state index in [0.29, 0.717) is 5.56 Å². The van der Waals surface area contributed by atoms with Crippen LogP contribution in [0.1, 0.15) is 11.4 Å². The smallest absolute Gasteiger partial charge is 0.254 e. The van der Waals surface area contributed by atoms with Crippen LogP contribution in [0.3, 0.4) is 0 Å². The Morgan fingerprint density at radius 3 is 2.38 bits per heavy atom. The van der Waals surface area contributed by atoms with Crippen molar-refractivity contribution < 1.29 is 30.6 Å². The first-order valence-corrected chi connectivity index (χ1v) is 9.29. The summed E-state index contributed by atoms with van der Waals surface area (Å²) >= 11 is 0. The van der Waals surface area contributed by atoms with E-state index in [-0.39, 0.29) is 22.1 Å². The summed E-state index contributed by atoms with van der Waals surface area (Å²) in [7, 11) is -2.43. The van der Waals surface area contributed by atoms with E-state index in [2.05, 4.69) is 15.1 Å². The molecule has 0 aliphatic carbocycles. The molecule has 0 radical (unpaired) electrons. The summed E-state index contributed by atoms with van der Waals surface area (Å²) in [4.78, 5) is 7.29. The molecule has 2 aromatic heterocycles. The molecule has 5 nitrogen and oxygen atoms in total. The van der Waals surface area contributed by atoms with Crippen molar-refractivity contribution in [3.63, 3.8) is 0 Å². The second kappa shape index (κ2) is 7.58. The molecule has 1 unspecified atom stereocenters. The second-order valence-corrected chi connectivity index (χ2v) is 7.36. The number of halogens is 6. The van der Waals surface area contributed by atoms with Crippen molar-refractivity contribution >= 4 is 10.8 Å². The topological polar surface area (TPSA) is 60.7 Å². The molecule has 3 rings (SSSR count). The fraction of sp³-hybridized carbons (Fsp3) is 0.235. The van der Waals surface area contributed by atoms with Crippen LogP contribution in [0.4, 0.5) is 26.3 Å². The predicted molar refractivity (Wildman–Crippen MR) is 91.7 cm³/mol. The zero-order valence-electron chi connectivity index (χ0n) is 14.6. The zero-order valence-corrected chi connectivity index (χ0v) is 15.4. The van der Waals surface area contributed by atoms with Crippen molar-refractivity contribution in [2.75, 3.05) is 5.75 Å². The van der Waals surface area contributed by atoms with E-state index < -0.39 is 34.7 Å². The largest absolute Gasteiger partial charge is 0.453 e. The van der Waals surface area contributed by atoms with Gasteiger partial charge < -0.3 is 0 Å². The Balaban J connectivity index is 2.14. The van der Waals surface area contributed by atoms with Gasteiger partial charge in [-0.05, 0) is 36.8 Å². The SMILES string of the molecule is Cc1ccc(-n2nc(C(F)(F)F)nc2-c2ccccn2)cc1S(=O)CC(F)(F)F. The molecule has 0 aliphatic rings. The molecule has 0 saturated heterocycles. The lowest BCUT2D eigenvalue weighted by Gasteiger charge is -2.12. The fourth-order valence-corrected chi connectivity index (χ4v) is 3.60. The number of hydrogen-bond acceptors (Lipinski definition) is 4. The van der Waals surface area contributed by atoms with E-state index in [0.717, 1.165) is 10.7 Å². The van der Waals surface area contributed by atoms with Crippen LogP contribution in [0.5, 0.6) is 0 Å². The van der Waals surface area contributed by atoms with Crippen molar-refractivity contribution in [1.29, 1.82) is 0 Å². The summed E-state index contributed by atoms with van der Waals surface area (Å²) in [5, 5.41) is 3.45. The molecule has 0 aliphatic heterocycles. The molecule has 0 fully saturated rings. The molecule has 154 valence electrons. The minimum absolute atomic E-state index is 0.0234. The molecule has 0 N–H and O–H groups in total. The van der Waals surface area contributed by atoms with Gasteiger partial charge in [-0.15, -0.1) is 5.10 Å². The highest BCUT2D eigenvalue weighted by molar-refractivity contribution is 7.85. The molecule has 1 atom stereocenters. The summed E-state index contributed by atoms with van der Waals surface area (Å²) < 4.78 is 90.2. The quantitative estimate of drug-likeness (QED) is 0.574. The summed E-state index contributed by atoms with van der Waals surface area (Å²) in [5.74, 6) is -3.26. The Morgan fingerprint density at radius 2 is 1.79 bits per heavy atom. The number of pyridine rings is 1. The predicted octanol–water partition coefficient (Wildman–Crippen LogP) is 4.33. The lowest BCUT2D eigenvalue weighted by Crippen LogP contribution is -2.19. The lowest BCUT2D eigenvalue weighted by atomic mass is 10.2. The maximum absolute atomic E-state index is 13.1. The first kappa shape index (κ1) is 21.0. The van der Waals surface area contributed by atoms with Crippen LogP contribution in [0.2, 0.25) is 0 Å². The highest BCUT2D eigenvalue weighted by Crippen LogP contribution is 2.31. The van der Waals surface area contributed by atoms with Crippen LogP contribution in [0.25, 0.3) is 17.2 Å². The fourth-order valence-electron chi connectivity index (χ4n) is 2.47. The number of nitrogens with zero attached hydrogens (tertiary/aromatic N) is 4. The third-order valence-corrected chi connectivity index (χ3v) is 5.23. The molecule has 3 aromatic rings. The van der Waals surface area contributed by atoms with Gasteiger partial charge in [0, 0.05) is 11.1 Å². The normalized spacial score (nSPS) is 13.5. The second-order valence-electron chi connectivity index (χ2n) is 5.94. The number of aryl methyl sites for hydroxylation is 1. The average molecular weight is 434 g/mol. The number of rotatable bonds is 4. The van der Waals surface area contributed by atoms with Crippen LogP contribution in [0.15, 0.2) is 47.5 Å². The third-order valence-electron chi connectivity index (χ3n) is 3.71. The van der Waals surface area contributed by atoms with Gasteiger partial charge in [-0.2, -0.15) is 26.3 Å². The van der Waals surface area contributed by atoms with Gasteiger partial charge in [-0.3, -0.25) is 9.19 Å². The number of aromatic nitrogens is 4. The summed E-state index contributed by atoms with van der Waals surface area (Å²) in [6.07, 6.45) is -8.16. The molecule has 2 heterocycles. The van der Waals surface area contributed by atoms with Crippen LogP contribution in [-0.4, -0.2) is 35.9 Å². The highest BCUT2D eigenvalue weighted by atomic mass is 32.2. The molecular formula is C17H12F6N4OS. The van der Waals surface area contributed by atoms with E-state index in [9.17, 15) is 30.6 Å². The van der Waals surface area contributed by atoms with Gasteiger partial charge in [0.05, 0.1) is 16.5 Å². The maximum Gasteiger partial charge on any atom is 0.453 e. The van der Waals surface area contributed by atoms with Crippen molar-refractivity contribution in [2.24, 2.45) is 0 Å². The van der Waals surface area contributed by atoms with Crippen LogP contribution < -0.4 is 0 Å². The highest BCUT2D eigenvalue weighted by Gasteiger charge is 2.38. The number of hydrogen-bond donors (Lipinski definition) is 0. The van der Waals surface area contributed by atoms with E-state index in [1.165, 1.54) is 37.4 Å². The van der Waals surface area contributed by atoms with Crippen molar-refractivity contribution in [1.82, 2.24) is 19.7 Å². The molecule has 12 heteroatoms. The molecule has 1 aromatic carbocycles. The standard InChI is InChI=1S/C17H12F6N4OS/c1-10-5-6-11(8-13(10)29(28)9-16(18,19)20)27-14(12-4-2-3-7-24-12)25-15(26-27)17(21,22)23/h2-8H,9H2,1H3. The van der Waals surface area contributed by atoms with Crippen molar-refractivity contribution in [2.45, 2.75) is 24.2 Å². The summed E-state index contributed by atoms with van der Waals surface area (Å²) in [5.41, 5.74) is 0.352. The van der Waals surface area contributed by atoms with Crippen LogP contribution in [-0.2, 0) is 17.0 Å². The van der Waals surface area contributed by atoms with Gasteiger partial charge in [0.2, 0.25) is 0 Å². The lowest BCUT2D eigenvalue weighted by molar-refractivity contribution is -0.144. The molecule has 0 amide bonds. The monoisotopic (exact) mass is 434 g/mol. The molecule has 0 bridgehead atoms. The van der Waals surface area contributed by atoms with Crippen LogP contribution in [0, 0.1) is 6.92 Å². The minimum atomic E-state index is -4.85. The number of benzene rings is 1. The summed E-state index contributed by atoms with van der Waals surface area (Å²) in [6, 6.07) is 8.32. The zero-order chi connectivity index (χ0) is 21.4. The van der Waals surface area contributed by atoms with Crippen molar-refractivity contribution in [3.05, 3.63) is 54.0 Å².